The molecule has 0 radical (unpaired) electrons. The summed E-state index contributed by atoms with van der Waals surface area (Å²) in [6.45, 7) is 8.88. The highest BCUT2D eigenvalue weighted by atomic mass is 16.2. The average molecular weight is 436 g/mol. The van der Waals surface area contributed by atoms with Crippen molar-refractivity contribution in [2.75, 3.05) is 24.3 Å². The lowest BCUT2D eigenvalue weighted by molar-refractivity contribution is -0.122. The Labute approximate surface area is 192 Å². The van der Waals surface area contributed by atoms with Crippen LogP contribution < -0.4 is 10.2 Å². The van der Waals surface area contributed by atoms with Crippen LogP contribution in [0.15, 0.2) is 42.5 Å². The minimum atomic E-state index is 0.0310. The molecular weight excluding hydrogens is 398 g/mol. The summed E-state index contributed by atoms with van der Waals surface area (Å²) in [7, 11) is 4.01. The second kappa shape index (κ2) is 10.2. The highest BCUT2D eigenvalue weighted by Gasteiger charge is 2.27. The van der Waals surface area contributed by atoms with Crippen molar-refractivity contribution in [3.05, 3.63) is 59.2 Å². The fraction of sp³-hybridized carbons (Fsp3) is 0.481. The van der Waals surface area contributed by atoms with E-state index in [0.717, 1.165) is 41.8 Å². The number of rotatable bonds is 8. The standard InChI is InChI=1S/C27H37N3O2/c1-18(2)20(4)30(27(32)22-12-7-9-19(3)15-22)17-23-16-24(13-14-25(23)29(5)6)28-26(31)21-10-8-11-21/h7,9,12-16,18,20-21H,8,10-11,17H2,1-6H3,(H,28,31)/t20-/m1/s1. The van der Waals surface area contributed by atoms with Crippen molar-refractivity contribution < 1.29 is 9.59 Å². The predicted octanol–water partition coefficient (Wildman–Crippen LogP) is 5.49. The quantitative estimate of drug-likeness (QED) is 0.597. The van der Waals surface area contributed by atoms with E-state index in [9.17, 15) is 9.59 Å². The molecule has 1 aliphatic rings. The topological polar surface area (TPSA) is 52.7 Å². The van der Waals surface area contributed by atoms with Gasteiger partial charge in [-0.15, -0.1) is 0 Å². The zero-order chi connectivity index (χ0) is 23.4. The number of nitrogens with one attached hydrogen (secondary N) is 1. The molecule has 0 aliphatic heterocycles. The minimum Gasteiger partial charge on any atom is -0.377 e. The van der Waals surface area contributed by atoms with E-state index in [4.69, 9.17) is 0 Å². The van der Waals surface area contributed by atoms with Crippen molar-refractivity contribution in [2.24, 2.45) is 11.8 Å². The van der Waals surface area contributed by atoms with Crippen LogP contribution in [0.2, 0.25) is 0 Å². The molecule has 0 heterocycles. The lowest BCUT2D eigenvalue weighted by Crippen LogP contribution is -2.41. The van der Waals surface area contributed by atoms with Crippen molar-refractivity contribution >= 4 is 23.2 Å². The molecule has 1 saturated carbocycles. The summed E-state index contributed by atoms with van der Waals surface area (Å²) in [6, 6.07) is 13.8. The van der Waals surface area contributed by atoms with Crippen LogP contribution in [-0.4, -0.2) is 36.9 Å². The first kappa shape index (κ1) is 23.8. The Morgan fingerprint density at radius 1 is 1.06 bits per heavy atom. The molecule has 3 rings (SSSR count). The summed E-state index contributed by atoms with van der Waals surface area (Å²) < 4.78 is 0. The third kappa shape index (κ3) is 5.50. The van der Waals surface area contributed by atoms with E-state index in [1.807, 2.05) is 68.4 Å². The predicted molar refractivity (Wildman–Crippen MR) is 132 cm³/mol. The Kier molecular flexibility index (Phi) is 7.60. The molecule has 0 aromatic heterocycles. The molecule has 2 aromatic carbocycles. The van der Waals surface area contributed by atoms with Crippen molar-refractivity contribution in [1.29, 1.82) is 0 Å². The third-order valence-electron chi connectivity index (χ3n) is 6.63. The van der Waals surface area contributed by atoms with Gasteiger partial charge in [0.15, 0.2) is 0 Å². The van der Waals surface area contributed by atoms with E-state index in [2.05, 4.69) is 31.0 Å². The number of amides is 2. The summed E-state index contributed by atoms with van der Waals surface area (Å²) >= 11 is 0. The number of hydrogen-bond acceptors (Lipinski definition) is 3. The Balaban J connectivity index is 1.93. The molecule has 1 fully saturated rings. The van der Waals surface area contributed by atoms with Crippen molar-refractivity contribution in [1.82, 2.24) is 4.90 Å². The minimum absolute atomic E-state index is 0.0310. The zero-order valence-electron chi connectivity index (χ0n) is 20.3. The first-order chi connectivity index (χ1) is 15.2. The molecule has 0 bridgehead atoms. The molecule has 0 unspecified atom stereocenters. The number of anilines is 2. The maximum absolute atomic E-state index is 13.6. The van der Waals surface area contributed by atoms with Crippen LogP contribution in [0.1, 0.15) is 61.5 Å². The van der Waals surface area contributed by atoms with E-state index in [1.165, 1.54) is 0 Å². The monoisotopic (exact) mass is 435 g/mol. The molecule has 5 heteroatoms. The molecule has 1 N–H and O–H groups in total. The SMILES string of the molecule is Cc1cccc(C(=O)N(Cc2cc(NC(=O)C3CCC3)ccc2N(C)C)[C@H](C)C(C)C)c1. The Morgan fingerprint density at radius 3 is 2.34 bits per heavy atom. The Hall–Kier alpha value is -2.82. The summed E-state index contributed by atoms with van der Waals surface area (Å²) in [4.78, 5) is 30.1. The summed E-state index contributed by atoms with van der Waals surface area (Å²) in [5.74, 6) is 0.576. The largest absolute Gasteiger partial charge is 0.377 e. The molecular formula is C27H37N3O2. The van der Waals surface area contributed by atoms with E-state index in [1.54, 1.807) is 0 Å². The van der Waals surface area contributed by atoms with Crippen LogP contribution in [-0.2, 0) is 11.3 Å². The maximum Gasteiger partial charge on any atom is 0.254 e. The van der Waals surface area contributed by atoms with Gasteiger partial charge in [-0.3, -0.25) is 9.59 Å². The fourth-order valence-corrected chi connectivity index (χ4v) is 4.03. The zero-order valence-corrected chi connectivity index (χ0v) is 20.3. The van der Waals surface area contributed by atoms with Gasteiger partial charge in [-0.05, 0) is 68.5 Å². The number of nitrogens with zero attached hydrogens (tertiary/aromatic N) is 2. The normalized spacial score (nSPS) is 14.6. The average Bonchev–Trinajstić information content (AvgIpc) is 2.69. The Bertz CT molecular complexity index is 963. The lowest BCUT2D eigenvalue weighted by atomic mass is 9.85. The molecule has 32 heavy (non-hydrogen) atoms. The first-order valence-corrected chi connectivity index (χ1v) is 11.7. The van der Waals surface area contributed by atoms with Gasteiger partial charge in [0.05, 0.1) is 0 Å². The van der Waals surface area contributed by atoms with E-state index in [-0.39, 0.29) is 23.8 Å². The van der Waals surface area contributed by atoms with Gasteiger partial charge < -0.3 is 15.1 Å². The molecule has 0 saturated heterocycles. The number of benzene rings is 2. The smallest absolute Gasteiger partial charge is 0.254 e. The van der Waals surface area contributed by atoms with Crippen molar-refractivity contribution in [3.63, 3.8) is 0 Å². The summed E-state index contributed by atoms with van der Waals surface area (Å²) in [5.41, 5.74) is 4.64. The molecule has 1 aliphatic carbocycles. The molecule has 1 atom stereocenters. The number of carbonyl (C=O) groups is 2. The molecule has 2 amide bonds. The third-order valence-corrected chi connectivity index (χ3v) is 6.63. The van der Waals surface area contributed by atoms with Crippen LogP contribution in [0.5, 0.6) is 0 Å². The van der Waals surface area contributed by atoms with Crippen molar-refractivity contribution in [2.45, 2.75) is 59.5 Å². The highest BCUT2D eigenvalue weighted by molar-refractivity contribution is 5.95. The van der Waals surface area contributed by atoms with Gasteiger partial charge in [0.2, 0.25) is 5.91 Å². The van der Waals surface area contributed by atoms with E-state index < -0.39 is 0 Å². The van der Waals surface area contributed by atoms with Gasteiger partial charge in [-0.25, -0.2) is 0 Å². The van der Waals surface area contributed by atoms with Gasteiger partial charge >= 0.3 is 0 Å². The van der Waals surface area contributed by atoms with Gasteiger partial charge in [-0.2, -0.15) is 0 Å². The van der Waals surface area contributed by atoms with E-state index >= 15 is 0 Å². The Morgan fingerprint density at radius 2 is 1.78 bits per heavy atom. The maximum atomic E-state index is 13.6. The van der Waals surface area contributed by atoms with Gasteiger partial charge in [-0.1, -0.05) is 38.0 Å². The van der Waals surface area contributed by atoms with E-state index in [0.29, 0.717) is 18.0 Å². The number of aryl methyl sites for hydroxylation is 1. The second-order valence-electron chi connectivity index (χ2n) is 9.64. The molecule has 5 nitrogen and oxygen atoms in total. The van der Waals surface area contributed by atoms with Crippen LogP contribution in [0.25, 0.3) is 0 Å². The molecule has 0 spiro atoms. The van der Waals surface area contributed by atoms with Crippen molar-refractivity contribution in [3.8, 4) is 0 Å². The van der Waals surface area contributed by atoms with Crippen LogP contribution in [0.3, 0.4) is 0 Å². The molecule has 2 aromatic rings. The highest BCUT2D eigenvalue weighted by Crippen LogP contribution is 2.30. The fourth-order valence-electron chi connectivity index (χ4n) is 4.03. The number of carbonyl (C=O) groups excluding carboxylic acids is 2. The lowest BCUT2D eigenvalue weighted by Gasteiger charge is -2.33. The first-order valence-electron chi connectivity index (χ1n) is 11.7. The van der Waals surface area contributed by atoms with Gasteiger partial charge in [0.1, 0.15) is 0 Å². The van der Waals surface area contributed by atoms with Crippen LogP contribution in [0, 0.1) is 18.8 Å². The summed E-state index contributed by atoms with van der Waals surface area (Å²) in [6.07, 6.45) is 3.07. The molecule has 172 valence electrons. The van der Waals surface area contributed by atoms with Crippen LogP contribution in [0.4, 0.5) is 11.4 Å². The number of hydrogen-bond donors (Lipinski definition) is 1. The van der Waals surface area contributed by atoms with Gasteiger partial charge in [0, 0.05) is 49.5 Å². The summed E-state index contributed by atoms with van der Waals surface area (Å²) in [5, 5.41) is 3.08. The van der Waals surface area contributed by atoms with Crippen LogP contribution >= 0.6 is 0 Å². The van der Waals surface area contributed by atoms with Gasteiger partial charge in [0.25, 0.3) is 5.91 Å². The second-order valence-corrected chi connectivity index (χ2v) is 9.64.